The van der Waals surface area contributed by atoms with Gasteiger partial charge in [0.15, 0.2) is 0 Å². The van der Waals surface area contributed by atoms with E-state index in [1.165, 1.54) is 12.1 Å². The maximum absolute atomic E-state index is 11.9. The first-order chi connectivity index (χ1) is 17.4. The van der Waals surface area contributed by atoms with Crippen molar-refractivity contribution in [2.75, 3.05) is 92.5 Å². The third-order valence-electron chi connectivity index (χ3n) is 4.17. The van der Waals surface area contributed by atoms with Crippen LogP contribution in [0.2, 0.25) is 0 Å². The van der Waals surface area contributed by atoms with Crippen molar-refractivity contribution in [3.05, 3.63) is 42.5 Å². The van der Waals surface area contributed by atoms with E-state index < -0.39 is 16.1 Å². The molecule has 12 heteroatoms. The number of rotatable bonds is 24. The molecule has 0 heterocycles. The molecule has 0 fully saturated rings. The molecule has 0 saturated carbocycles. The van der Waals surface area contributed by atoms with Crippen molar-refractivity contribution in [3.8, 4) is 0 Å². The highest BCUT2D eigenvalue weighted by Gasteiger charge is 2.13. The van der Waals surface area contributed by atoms with Crippen molar-refractivity contribution in [2.45, 2.75) is 11.8 Å². The Hall–Kier alpha value is -1.90. The van der Waals surface area contributed by atoms with Gasteiger partial charge in [0.25, 0.3) is 10.1 Å². The summed E-state index contributed by atoms with van der Waals surface area (Å²) >= 11 is 0. The smallest absolute Gasteiger partial charge is 0.333 e. The van der Waals surface area contributed by atoms with Gasteiger partial charge in [0.1, 0.15) is 6.61 Å². The van der Waals surface area contributed by atoms with Crippen LogP contribution in [0.1, 0.15) is 6.92 Å². The summed E-state index contributed by atoms with van der Waals surface area (Å²) < 4.78 is 65.7. The molecule has 0 aromatic heterocycles. The number of hydrogen-bond acceptors (Lipinski definition) is 11. The number of benzene rings is 1. The van der Waals surface area contributed by atoms with Crippen molar-refractivity contribution < 1.29 is 50.6 Å². The van der Waals surface area contributed by atoms with Gasteiger partial charge in [0.05, 0.1) is 90.8 Å². The van der Waals surface area contributed by atoms with Crippen LogP contribution in [-0.2, 0) is 52.3 Å². The lowest BCUT2D eigenvalue weighted by Gasteiger charge is -2.09. The number of carbonyl (C=O) groups excluding carboxylic acids is 1. The first-order valence-electron chi connectivity index (χ1n) is 11.7. The summed E-state index contributed by atoms with van der Waals surface area (Å²) in [5.74, 6) is -0.423. The molecule has 1 rings (SSSR count). The Morgan fingerprint density at radius 2 is 1.00 bits per heavy atom. The average Bonchev–Trinajstić information content (AvgIpc) is 2.87. The normalized spacial score (nSPS) is 11.5. The maximum Gasteiger partial charge on any atom is 0.333 e. The number of hydrogen-bond donors (Lipinski definition) is 0. The van der Waals surface area contributed by atoms with Crippen molar-refractivity contribution in [3.63, 3.8) is 0 Å². The standard InChI is InChI=1S/C24H38O11S/c1-22(2)24(25)34-20-18-32-16-14-30-12-10-28-8-9-29-11-13-31-15-17-33-19-21-35-36(26,27)23-6-4-3-5-7-23/h3-7H,1,8-21H2,2H3. The second-order valence-corrected chi connectivity index (χ2v) is 8.79. The second-order valence-electron chi connectivity index (χ2n) is 7.18. The molecular formula is C24H38O11S. The summed E-state index contributed by atoms with van der Waals surface area (Å²) in [6, 6.07) is 7.95. The maximum atomic E-state index is 11.9. The van der Waals surface area contributed by atoms with Crippen LogP contribution in [-0.4, -0.2) is 107 Å². The molecule has 1 aromatic carbocycles. The van der Waals surface area contributed by atoms with E-state index in [0.29, 0.717) is 78.2 Å². The fourth-order valence-electron chi connectivity index (χ4n) is 2.38. The minimum atomic E-state index is -3.75. The Morgan fingerprint density at radius 1 is 0.639 bits per heavy atom. The highest BCUT2D eigenvalue weighted by Crippen LogP contribution is 2.10. The van der Waals surface area contributed by atoms with Gasteiger partial charge >= 0.3 is 5.97 Å². The van der Waals surface area contributed by atoms with Crippen LogP contribution in [0.3, 0.4) is 0 Å². The number of carbonyl (C=O) groups is 1. The summed E-state index contributed by atoms with van der Waals surface area (Å²) in [6.45, 7) is 9.81. The van der Waals surface area contributed by atoms with Gasteiger partial charge in [-0.15, -0.1) is 0 Å². The van der Waals surface area contributed by atoms with Crippen LogP contribution in [0.5, 0.6) is 0 Å². The van der Waals surface area contributed by atoms with Gasteiger partial charge in [-0.3, -0.25) is 4.18 Å². The van der Waals surface area contributed by atoms with Crippen molar-refractivity contribution in [1.29, 1.82) is 0 Å². The van der Waals surface area contributed by atoms with E-state index in [9.17, 15) is 13.2 Å². The molecule has 0 amide bonds. The van der Waals surface area contributed by atoms with Gasteiger partial charge < -0.3 is 33.2 Å². The Bertz CT molecular complexity index is 800. The predicted molar refractivity (Wildman–Crippen MR) is 130 cm³/mol. The fraction of sp³-hybridized carbons (Fsp3) is 0.625. The molecule has 1 aromatic rings. The average molecular weight is 535 g/mol. The van der Waals surface area contributed by atoms with Gasteiger partial charge in [-0.25, -0.2) is 4.79 Å². The van der Waals surface area contributed by atoms with Gasteiger partial charge in [-0.1, -0.05) is 24.8 Å². The van der Waals surface area contributed by atoms with Crippen LogP contribution in [0.25, 0.3) is 0 Å². The lowest BCUT2D eigenvalue weighted by atomic mass is 10.4. The van der Waals surface area contributed by atoms with E-state index in [0.717, 1.165) is 0 Å². The lowest BCUT2D eigenvalue weighted by Crippen LogP contribution is -2.15. The van der Waals surface area contributed by atoms with E-state index >= 15 is 0 Å². The summed E-state index contributed by atoms with van der Waals surface area (Å²) in [5.41, 5.74) is 0.360. The monoisotopic (exact) mass is 534 g/mol. The Balaban J connectivity index is 1.75. The van der Waals surface area contributed by atoms with Crippen molar-refractivity contribution in [2.24, 2.45) is 0 Å². The van der Waals surface area contributed by atoms with Crippen LogP contribution in [0.4, 0.5) is 0 Å². The molecule has 0 atom stereocenters. The zero-order valence-electron chi connectivity index (χ0n) is 20.9. The Kier molecular flexibility index (Phi) is 18.9. The summed E-state index contributed by atoms with van der Waals surface area (Å²) in [4.78, 5) is 11.3. The molecule has 206 valence electrons. The zero-order chi connectivity index (χ0) is 26.3. The van der Waals surface area contributed by atoms with Gasteiger partial charge in [-0.2, -0.15) is 8.42 Å². The molecule has 0 N–H and O–H groups in total. The molecule has 36 heavy (non-hydrogen) atoms. The minimum absolute atomic E-state index is 0.0616. The lowest BCUT2D eigenvalue weighted by molar-refractivity contribution is -0.140. The molecule has 0 aliphatic carbocycles. The molecule has 11 nitrogen and oxygen atoms in total. The van der Waals surface area contributed by atoms with Crippen LogP contribution < -0.4 is 0 Å². The summed E-state index contributed by atoms with van der Waals surface area (Å²) in [5, 5.41) is 0. The molecular weight excluding hydrogens is 496 g/mol. The quantitative estimate of drug-likeness (QED) is 0.0831. The molecule has 0 bridgehead atoms. The highest BCUT2D eigenvalue weighted by atomic mass is 32.2. The molecule has 0 unspecified atom stereocenters. The number of esters is 1. The minimum Gasteiger partial charge on any atom is -0.460 e. The Labute approximate surface area is 213 Å². The largest absolute Gasteiger partial charge is 0.460 e. The first-order valence-corrected chi connectivity index (χ1v) is 13.1. The van der Waals surface area contributed by atoms with Crippen molar-refractivity contribution >= 4 is 16.1 Å². The van der Waals surface area contributed by atoms with E-state index in [2.05, 4.69) is 6.58 Å². The third-order valence-corrected chi connectivity index (χ3v) is 5.49. The Morgan fingerprint density at radius 3 is 1.39 bits per heavy atom. The van der Waals surface area contributed by atoms with Crippen LogP contribution in [0.15, 0.2) is 47.4 Å². The molecule has 0 saturated heterocycles. The predicted octanol–water partition coefficient (Wildman–Crippen LogP) is 1.61. The van der Waals surface area contributed by atoms with Crippen molar-refractivity contribution in [1.82, 2.24) is 0 Å². The first kappa shape index (κ1) is 32.1. The SMILES string of the molecule is C=C(C)C(=O)OCCOCCOCCOCCOCCOCCOCCOS(=O)(=O)c1ccccc1. The van der Waals surface area contributed by atoms with Crippen LogP contribution in [0, 0.1) is 0 Å². The molecule has 0 spiro atoms. The second kappa shape index (κ2) is 21.2. The number of ether oxygens (including phenoxy) is 7. The summed E-state index contributed by atoms with van der Waals surface area (Å²) in [7, 11) is -3.75. The topological polar surface area (TPSA) is 125 Å². The molecule has 0 aliphatic heterocycles. The van der Waals surface area contributed by atoms with E-state index in [-0.39, 0.29) is 24.7 Å². The third kappa shape index (κ3) is 17.5. The van der Waals surface area contributed by atoms with Gasteiger partial charge in [0.2, 0.25) is 0 Å². The molecule has 0 radical (unpaired) electrons. The van der Waals surface area contributed by atoms with Gasteiger partial charge in [-0.05, 0) is 19.1 Å². The molecule has 0 aliphatic rings. The van der Waals surface area contributed by atoms with Gasteiger partial charge in [0, 0.05) is 5.57 Å². The van der Waals surface area contributed by atoms with E-state index in [4.69, 9.17) is 37.3 Å². The van der Waals surface area contributed by atoms with E-state index in [1.54, 1.807) is 25.1 Å². The van der Waals surface area contributed by atoms with Crippen LogP contribution >= 0.6 is 0 Å². The zero-order valence-corrected chi connectivity index (χ0v) is 21.7. The van der Waals surface area contributed by atoms with E-state index in [1.807, 2.05) is 0 Å². The summed E-state index contributed by atoms with van der Waals surface area (Å²) in [6.07, 6.45) is 0. The highest BCUT2D eigenvalue weighted by molar-refractivity contribution is 7.86. The fourth-order valence-corrected chi connectivity index (χ4v) is 3.29.